The topological polar surface area (TPSA) is 68.6 Å². The molecule has 16 unspecified atom stereocenters. The predicted octanol–water partition coefficient (Wildman–Crippen LogP) is 11.3. The molecule has 16 atom stereocenters. The molecule has 8 aliphatic rings. The van der Waals surface area contributed by atoms with Crippen LogP contribution in [-0.2, 0) is 28.4 Å². The Bertz CT molecular complexity index is 1330. The summed E-state index contributed by atoms with van der Waals surface area (Å²) in [5.74, 6) is 6.03. The van der Waals surface area contributed by atoms with Crippen molar-refractivity contribution >= 4 is 34.5 Å². The molecule has 318 valence electrons. The van der Waals surface area contributed by atoms with E-state index < -0.39 is 0 Å². The van der Waals surface area contributed by atoms with Gasteiger partial charge in [0.2, 0.25) is 0 Å². The molecule has 0 bridgehead atoms. The van der Waals surface area contributed by atoms with Gasteiger partial charge in [-0.25, -0.2) is 0 Å². The van der Waals surface area contributed by atoms with Gasteiger partial charge in [-0.1, -0.05) is 55.4 Å². The Morgan fingerprint density at radius 1 is 0.518 bits per heavy atom. The molecule has 0 aromatic heterocycles. The maximum atomic E-state index is 6.53. The Morgan fingerprint density at radius 3 is 1.00 bits per heavy atom. The van der Waals surface area contributed by atoms with E-state index >= 15 is 0 Å². The smallest absolute Gasteiger partial charge is 0.159 e. The summed E-state index contributed by atoms with van der Waals surface area (Å²) in [6.07, 6.45) is 14.9. The van der Waals surface area contributed by atoms with E-state index in [-0.39, 0.29) is 33.2 Å². The van der Waals surface area contributed by atoms with Crippen LogP contribution in [0.1, 0.15) is 160 Å². The van der Waals surface area contributed by atoms with Crippen molar-refractivity contribution in [3.05, 3.63) is 0 Å². The van der Waals surface area contributed by atoms with Crippen LogP contribution in [0.15, 0.2) is 0 Å². The number of hydrogen-bond acceptors (Lipinski definition) is 8. The zero-order valence-corrected chi connectivity index (χ0v) is 38.9. The minimum Gasteiger partial charge on any atom is -0.486 e. The van der Waals surface area contributed by atoms with E-state index in [0.29, 0.717) is 96.8 Å². The molecule has 56 heavy (non-hydrogen) atoms. The Labute approximate surface area is 351 Å². The molecular weight excluding hydrogens is 737 g/mol. The van der Waals surface area contributed by atoms with E-state index in [2.05, 4.69) is 83.1 Å². The van der Waals surface area contributed by atoms with Gasteiger partial charge < -0.3 is 28.4 Å². The van der Waals surface area contributed by atoms with Crippen LogP contribution >= 0.6 is 24.4 Å². The molecular formula is C48H78O6S2. The molecule has 8 fully saturated rings. The van der Waals surface area contributed by atoms with E-state index in [9.17, 15) is 0 Å². The lowest BCUT2D eigenvalue weighted by molar-refractivity contribution is -0.0140. The summed E-state index contributed by atoms with van der Waals surface area (Å²) in [5, 5.41) is 1.48. The van der Waals surface area contributed by atoms with Crippen LogP contribution in [0.25, 0.3) is 0 Å². The van der Waals surface area contributed by atoms with Gasteiger partial charge in [0.25, 0.3) is 0 Å². The van der Waals surface area contributed by atoms with Gasteiger partial charge in [0, 0.05) is 23.7 Å². The summed E-state index contributed by atoms with van der Waals surface area (Å²) in [4.78, 5) is 0. The van der Waals surface area contributed by atoms with Gasteiger partial charge in [0.05, 0.1) is 60.0 Å². The first-order chi connectivity index (χ1) is 26.1. The average molecular weight is 815 g/mol. The van der Waals surface area contributed by atoms with Crippen LogP contribution in [0, 0.1) is 70.0 Å². The second kappa shape index (κ2) is 14.6. The van der Waals surface area contributed by atoms with Crippen molar-refractivity contribution in [2.45, 2.75) is 207 Å². The fraction of sp³-hybridized carbons (Fsp3) is 0.958. The van der Waals surface area contributed by atoms with Gasteiger partial charge in [-0.2, -0.15) is 0 Å². The molecule has 8 rings (SSSR count). The molecule has 0 aromatic carbocycles. The molecule has 6 nitrogen and oxygen atoms in total. The van der Waals surface area contributed by atoms with Gasteiger partial charge >= 0.3 is 0 Å². The molecule has 0 amide bonds. The number of epoxide rings is 4. The van der Waals surface area contributed by atoms with Crippen LogP contribution in [0.5, 0.6) is 0 Å². The molecule has 0 radical (unpaired) electrons. The van der Waals surface area contributed by atoms with Crippen LogP contribution in [-0.4, -0.2) is 70.1 Å². The molecule has 4 aliphatic carbocycles. The number of rotatable bonds is 15. The second-order valence-electron chi connectivity index (χ2n) is 23.7. The first kappa shape index (κ1) is 42.3. The van der Waals surface area contributed by atoms with E-state index in [1.54, 1.807) is 0 Å². The van der Waals surface area contributed by atoms with Gasteiger partial charge in [0.15, 0.2) is 10.1 Å². The van der Waals surface area contributed by atoms with E-state index in [1.165, 1.54) is 25.7 Å². The van der Waals surface area contributed by atoms with Gasteiger partial charge in [-0.05, 0) is 176 Å². The van der Waals surface area contributed by atoms with Crippen molar-refractivity contribution in [2.24, 2.45) is 70.0 Å². The Kier molecular flexibility index (Phi) is 11.1. The zero-order chi connectivity index (χ0) is 40.4. The highest BCUT2D eigenvalue weighted by atomic mass is 32.1. The van der Waals surface area contributed by atoms with Crippen molar-refractivity contribution in [2.75, 3.05) is 13.2 Å². The summed E-state index contributed by atoms with van der Waals surface area (Å²) in [6.45, 7) is 30.1. The minimum absolute atomic E-state index is 0.00336. The van der Waals surface area contributed by atoms with Crippen molar-refractivity contribution in [1.82, 2.24) is 0 Å². The van der Waals surface area contributed by atoms with Crippen LogP contribution < -0.4 is 0 Å². The Balaban J connectivity index is 0.818. The third kappa shape index (κ3) is 8.19. The highest BCUT2D eigenvalue weighted by molar-refractivity contribution is 7.80. The average Bonchev–Trinajstić information content (AvgIpc) is 3.97. The van der Waals surface area contributed by atoms with E-state index in [1.807, 2.05) is 0 Å². The summed E-state index contributed by atoms with van der Waals surface area (Å²) in [5.41, 5.74) is 0.223. The normalized spacial score (nSPS) is 48.6. The fourth-order valence-corrected chi connectivity index (χ4v) is 15.6. The second-order valence-corrected chi connectivity index (χ2v) is 24.6. The molecule has 4 heterocycles. The highest BCUT2D eigenvalue weighted by Gasteiger charge is 2.66. The monoisotopic (exact) mass is 815 g/mol. The largest absolute Gasteiger partial charge is 0.486 e. The number of hydrogen-bond donors (Lipinski definition) is 0. The maximum Gasteiger partial charge on any atom is 0.159 e. The standard InChI is InChI=1S/C48H78O6S2/c1-27-17-31(21-45(9)39(27)51-45)37(32-18-28(2)40-46(10,22-32)52-40)43(5,6)25-49-35(55)15-13-14-16-36(56)50-26-44(7,8)38(33-19-29(3)41-47(11,23-33)53-41)34-20-30(4)42-48(12,24-34)54-42/h27-34,37-42H,13-26H2,1-12H3. The van der Waals surface area contributed by atoms with Gasteiger partial charge in [-0.3, -0.25) is 0 Å². The molecule has 8 heteroatoms. The number of ether oxygens (including phenoxy) is 6. The quantitative estimate of drug-likeness (QED) is 0.0920. The van der Waals surface area contributed by atoms with E-state index in [4.69, 9.17) is 52.9 Å². The third-order valence-electron chi connectivity index (χ3n) is 17.3. The molecule has 4 saturated heterocycles. The van der Waals surface area contributed by atoms with Gasteiger partial charge in [-0.15, -0.1) is 0 Å². The number of unbranched alkanes of at least 4 members (excludes halogenated alkanes) is 1. The minimum atomic E-state index is -0.00336. The predicted molar refractivity (Wildman–Crippen MR) is 231 cm³/mol. The van der Waals surface area contributed by atoms with Crippen LogP contribution in [0.3, 0.4) is 0 Å². The van der Waals surface area contributed by atoms with E-state index in [0.717, 1.165) is 61.5 Å². The summed E-state index contributed by atoms with van der Waals surface area (Å²) < 4.78 is 38.3. The van der Waals surface area contributed by atoms with Crippen molar-refractivity contribution in [3.8, 4) is 0 Å². The molecule has 4 aliphatic heterocycles. The summed E-state index contributed by atoms with van der Waals surface area (Å²) in [6, 6.07) is 0. The summed E-state index contributed by atoms with van der Waals surface area (Å²) in [7, 11) is 0. The molecule has 4 saturated carbocycles. The lowest BCUT2D eigenvalue weighted by Gasteiger charge is -2.48. The molecule has 0 N–H and O–H groups in total. The van der Waals surface area contributed by atoms with Gasteiger partial charge in [0.1, 0.15) is 0 Å². The SMILES string of the molecule is CC1CC(C(C2CC(C)C3OC3(C)C2)C(C)(C)COC(=S)CCCCC(=S)OCC(C)(C)C(C2CC(C)C3OC3(C)C2)C2CC(C)C3OC3(C)C2)CC2(C)OC12. The van der Waals surface area contributed by atoms with Crippen molar-refractivity contribution in [1.29, 1.82) is 0 Å². The lowest BCUT2D eigenvalue weighted by atomic mass is 9.56. The van der Waals surface area contributed by atoms with Crippen molar-refractivity contribution < 1.29 is 28.4 Å². The zero-order valence-electron chi connectivity index (χ0n) is 37.2. The fourth-order valence-electron chi connectivity index (χ4n) is 15.2. The first-order valence-corrected chi connectivity index (χ1v) is 23.9. The first-order valence-electron chi connectivity index (χ1n) is 23.1. The molecule has 0 aromatic rings. The maximum absolute atomic E-state index is 6.53. The highest BCUT2D eigenvalue weighted by Crippen LogP contribution is 2.63. The lowest BCUT2D eigenvalue weighted by Crippen LogP contribution is -2.46. The van der Waals surface area contributed by atoms with Crippen LogP contribution in [0.4, 0.5) is 0 Å². The van der Waals surface area contributed by atoms with Crippen LogP contribution in [0.2, 0.25) is 0 Å². The summed E-state index contributed by atoms with van der Waals surface area (Å²) >= 11 is 11.8. The number of thiocarbonyl (C=S) groups is 2. The Hall–Kier alpha value is -0.380. The molecule has 0 spiro atoms. The Morgan fingerprint density at radius 2 is 0.768 bits per heavy atom. The third-order valence-corrected chi connectivity index (χ3v) is 17.9. The van der Waals surface area contributed by atoms with Crippen molar-refractivity contribution in [3.63, 3.8) is 0 Å². The number of fused-ring (bicyclic) bond motifs is 4.